The van der Waals surface area contributed by atoms with Crippen molar-refractivity contribution in [2.24, 2.45) is 5.73 Å². The maximum absolute atomic E-state index is 12.9. The van der Waals surface area contributed by atoms with E-state index in [-0.39, 0.29) is 12.8 Å². The van der Waals surface area contributed by atoms with Crippen molar-refractivity contribution in [3.05, 3.63) is 54.1 Å². The predicted molar refractivity (Wildman–Crippen MR) is 115 cm³/mol. The average Bonchev–Trinajstić information content (AvgIpc) is 3.26. The molecular formula is C21H28N6O5. The van der Waals surface area contributed by atoms with E-state index in [0.717, 1.165) is 5.56 Å². The van der Waals surface area contributed by atoms with Crippen molar-refractivity contribution in [2.75, 3.05) is 0 Å². The van der Waals surface area contributed by atoms with Crippen molar-refractivity contribution in [1.29, 1.82) is 0 Å². The van der Waals surface area contributed by atoms with Crippen LogP contribution in [0.4, 0.5) is 0 Å². The number of hydrogen-bond donors (Lipinski definition) is 6. The second-order valence-electron chi connectivity index (χ2n) is 7.44. The number of aliphatic carboxylic acids is 1. The molecule has 32 heavy (non-hydrogen) atoms. The number of nitrogens with one attached hydrogen (secondary N) is 4. The van der Waals surface area contributed by atoms with Gasteiger partial charge in [-0.15, -0.1) is 0 Å². The van der Waals surface area contributed by atoms with Crippen molar-refractivity contribution >= 4 is 23.7 Å². The van der Waals surface area contributed by atoms with Crippen molar-refractivity contribution < 1.29 is 24.3 Å². The number of benzene rings is 1. The molecule has 4 unspecified atom stereocenters. The van der Waals surface area contributed by atoms with Crippen LogP contribution in [0.25, 0.3) is 0 Å². The zero-order valence-corrected chi connectivity index (χ0v) is 17.9. The molecule has 0 bridgehead atoms. The van der Waals surface area contributed by atoms with Crippen LogP contribution < -0.4 is 21.7 Å². The Balaban J connectivity index is 2.06. The zero-order valence-electron chi connectivity index (χ0n) is 17.9. The third-order valence-corrected chi connectivity index (χ3v) is 4.73. The molecule has 4 atom stereocenters. The Morgan fingerprint density at radius 3 is 2.22 bits per heavy atom. The molecule has 0 aliphatic carbocycles. The summed E-state index contributed by atoms with van der Waals surface area (Å²) < 4.78 is 0. The molecule has 0 spiro atoms. The van der Waals surface area contributed by atoms with Gasteiger partial charge in [-0.05, 0) is 19.4 Å². The molecule has 3 amide bonds. The molecule has 11 heteroatoms. The highest BCUT2D eigenvalue weighted by Crippen LogP contribution is 2.05. The van der Waals surface area contributed by atoms with Gasteiger partial charge in [-0.2, -0.15) is 0 Å². The molecule has 0 aliphatic heterocycles. The molecule has 0 fully saturated rings. The van der Waals surface area contributed by atoms with Crippen LogP contribution in [-0.2, 0) is 32.0 Å². The normalized spacial score (nSPS) is 14.5. The maximum atomic E-state index is 12.9. The van der Waals surface area contributed by atoms with Crippen molar-refractivity contribution in [3.8, 4) is 0 Å². The Hall–Kier alpha value is -3.73. The Morgan fingerprint density at radius 2 is 1.62 bits per heavy atom. The number of aromatic nitrogens is 2. The maximum Gasteiger partial charge on any atom is 0.325 e. The standard InChI is InChI=1S/C21H28N6O5/c1-12(18(28)26-13(2)21(31)32)25-20(30)17(8-14-6-4-3-5-7-14)27-19(29)16(22)9-15-10-23-11-24-15/h3-7,10-13,16-17H,8-9,22H2,1-2H3,(H,23,24)(H,25,30)(H,26,28)(H,27,29)(H,31,32). The molecule has 1 heterocycles. The minimum Gasteiger partial charge on any atom is -0.480 e. The van der Waals surface area contributed by atoms with Crippen molar-refractivity contribution in [3.63, 3.8) is 0 Å². The van der Waals surface area contributed by atoms with Gasteiger partial charge in [-0.1, -0.05) is 30.3 Å². The summed E-state index contributed by atoms with van der Waals surface area (Å²) >= 11 is 0. The number of carboxylic acids is 1. The number of imidazole rings is 1. The smallest absolute Gasteiger partial charge is 0.325 e. The number of amides is 3. The van der Waals surface area contributed by atoms with E-state index in [0.29, 0.717) is 5.69 Å². The lowest BCUT2D eigenvalue weighted by molar-refractivity contribution is -0.141. The first-order chi connectivity index (χ1) is 15.2. The molecule has 0 saturated carbocycles. The first-order valence-corrected chi connectivity index (χ1v) is 10.1. The fraction of sp³-hybridized carbons (Fsp3) is 0.381. The van der Waals surface area contributed by atoms with Gasteiger partial charge in [0.2, 0.25) is 17.7 Å². The van der Waals surface area contributed by atoms with E-state index in [1.54, 1.807) is 18.3 Å². The monoisotopic (exact) mass is 444 g/mol. The van der Waals surface area contributed by atoms with Gasteiger partial charge >= 0.3 is 5.97 Å². The van der Waals surface area contributed by atoms with Gasteiger partial charge in [-0.3, -0.25) is 19.2 Å². The van der Waals surface area contributed by atoms with E-state index in [1.807, 2.05) is 18.2 Å². The number of carboxylic acid groups (broad SMARTS) is 1. The van der Waals surface area contributed by atoms with E-state index >= 15 is 0 Å². The van der Waals surface area contributed by atoms with Crippen LogP contribution in [0.2, 0.25) is 0 Å². The number of H-pyrrole nitrogens is 1. The third kappa shape index (κ3) is 7.51. The minimum absolute atomic E-state index is 0.176. The summed E-state index contributed by atoms with van der Waals surface area (Å²) in [7, 11) is 0. The molecule has 0 radical (unpaired) electrons. The van der Waals surface area contributed by atoms with Crippen LogP contribution >= 0.6 is 0 Å². The first kappa shape index (κ1) is 24.5. The molecule has 7 N–H and O–H groups in total. The Labute approximate surface area is 185 Å². The number of nitrogens with two attached hydrogens (primary N) is 1. The molecule has 1 aromatic carbocycles. The van der Waals surface area contributed by atoms with Crippen LogP contribution in [0, 0.1) is 0 Å². The highest BCUT2D eigenvalue weighted by atomic mass is 16.4. The van der Waals surface area contributed by atoms with E-state index in [4.69, 9.17) is 10.8 Å². The lowest BCUT2D eigenvalue weighted by Crippen LogP contribution is -2.56. The first-order valence-electron chi connectivity index (χ1n) is 10.1. The van der Waals surface area contributed by atoms with E-state index in [2.05, 4.69) is 25.9 Å². The topological polar surface area (TPSA) is 179 Å². The van der Waals surface area contributed by atoms with E-state index < -0.39 is 47.9 Å². The van der Waals surface area contributed by atoms with Gasteiger partial charge < -0.3 is 31.8 Å². The quantitative estimate of drug-likeness (QED) is 0.260. The third-order valence-electron chi connectivity index (χ3n) is 4.73. The van der Waals surface area contributed by atoms with E-state index in [1.165, 1.54) is 20.2 Å². The predicted octanol–water partition coefficient (Wildman–Crippen LogP) is -0.899. The summed E-state index contributed by atoms with van der Waals surface area (Å²) in [4.78, 5) is 55.3. The van der Waals surface area contributed by atoms with Crippen LogP contribution in [0.1, 0.15) is 25.1 Å². The van der Waals surface area contributed by atoms with Gasteiger partial charge in [-0.25, -0.2) is 4.98 Å². The summed E-state index contributed by atoms with van der Waals surface area (Å²) in [6.07, 6.45) is 3.41. The van der Waals surface area contributed by atoms with Gasteiger partial charge in [0.1, 0.15) is 18.1 Å². The van der Waals surface area contributed by atoms with E-state index in [9.17, 15) is 19.2 Å². The SMILES string of the molecule is CC(NC(=O)C(C)NC(=O)C(Cc1ccccc1)NC(=O)C(N)Cc1cnc[nH]1)C(=O)O. The van der Waals surface area contributed by atoms with Gasteiger partial charge in [0.25, 0.3) is 0 Å². The molecule has 1 aromatic heterocycles. The fourth-order valence-electron chi connectivity index (χ4n) is 2.84. The zero-order chi connectivity index (χ0) is 23.7. The van der Waals surface area contributed by atoms with Gasteiger partial charge in [0, 0.05) is 24.7 Å². The van der Waals surface area contributed by atoms with Crippen LogP contribution in [0.15, 0.2) is 42.9 Å². The number of carbonyl (C=O) groups is 4. The Kier molecular flexibility index (Phi) is 8.90. The van der Waals surface area contributed by atoms with Crippen LogP contribution in [0.3, 0.4) is 0 Å². The number of hydrogen-bond acceptors (Lipinski definition) is 6. The molecule has 0 aliphatic rings. The summed E-state index contributed by atoms with van der Waals surface area (Å²) in [5.41, 5.74) is 7.45. The number of aromatic amines is 1. The summed E-state index contributed by atoms with van der Waals surface area (Å²) in [6, 6.07) is 5.01. The van der Waals surface area contributed by atoms with Gasteiger partial charge in [0.05, 0.1) is 12.4 Å². The van der Waals surface area contributed by atoms with Crippen molar-refractivity contribution in [1.82, 2.24) is 25.9 Å². The fourth-order valence-corrected chi connectivity index (χ4v) is 2.84. The molecule has 0 saturated heterocycles. The minimum atomic E-state index is -1.20. The molecule has 172 valence electrons. The molecule has 2 aromatic rings. The number of carbonyl (C=O) groups excluding carboxylic acids is 3. The lowest BCUT2D eigenvalue weighted by atomic mass is 10.0. The summed E-state index contributed by atoms with van der Waals surface area (Å²) in [5, 5.41) is 16.4. The number of rotatable bonds is 11. The highest BCUT2D eigenvalue weighted by molar-refractivity contribution is 5.94. The molecular weight excluding hydrogens is 416 g/mol. The lowest BCUT2D eigenvalue weighted by Gasteiger charge is -2.23. The second kappa shape index (κ2) is 11.6. The summed E-state index contributed by atoms with van der Waals surface area (Å²) in [6.45, 7) is 2.74. The largest absolute Gasteiger partial charge is 0.480 e. The molecule has 11 nitrogen and oxygen atoms in total. The highest BCUT2D eigenvalue weighted by Gasteiger charge is 2.27. The summed E-state index contributed by atoms with van der Waals surface area (Å²) in [5.74, 6) is -2.99. The Morgan fingerprint density at radius 1 is 0.969 bits per heavy atom. The second-order valence-corrected chi connectivity index (χ2v) is 7.44. The number of nitrogens with zero attached hydrogens (tertiary/aromatic N) is 1. The van der Waals surface area contributed by atoms with Crippen molar-refractivity contribution in [2.45, 2.75) is 50.9 Å². The average molecular weight is 444 g/mol. The van der Waals surface area contributed by atoms with Crippen LogP contribution in [0.5, 0.6) is 0 Å². The van der Waals surface area contributed by atoms with Crippen LogP contribution in [-0.4, -0.2) is 62.9 Å². The molecule has 2 rings (SSSR count). The van der Waals surface area contributed by atoms with Gasteiger partial charge in [0.15, 0.2) is 0 Å². The Bertz CT molecular complexity index is 918.